The van der Waals surface area contributed by atoms with E-state index >= 15 is 0 Å². The van der Waals surface area contributed by atoms with Crippen LogP contribution in [-0.4, -0.2) is 4.98 Å². The van der Waals surface area contributed by atoms with Gasteiger partial charge in [0, 0.05) is 26.4 Å². The van der Waals surface area contributed by atoms with Crippen molar-refractivity contribution in [1.29, 1.82) is 0 Å². The summed E-state index contributed by atoms with van der Waals surface area (Å²) in [6.45, 7) is 4.58. The zero-order valence-electron chi connectivity index (χ0n) is 23.0. The first-order valence-corrected chi connectivity index (χ1v) is 16.6. The topological polar surface area (TPSA) is 12.9 Å². The monoisotopic (exact) mass is 523 g/mol. The average molecular weight is 524 g/mol. The molecule has 0 amide bonds. The Bertz CT molecular complexity index is 937. The predicted octanol–water partition coefficient (Wildman–Crippen LogP) is 11.9. The highest BCUT2D eigenvalue weighted by Gasteiger charge is 2.07. The molecular weight excluding hydrogens is 475 g/mol. The van der Waals surface area contributed by atoms with Crippen molar-refractivity contribution in [3.8, 4) is 21.0 Å². The van der Waals surface area contributed by atoms with Gasteiger partial charge in [0.2, 0.25) is 0 Å². The van der Waals surface area contributed by atoms with E-state index in [9.17, 15) is 0 Å². The summed E-state index contributed by atoms with van der Waals surface area (Å²) in [5.41, 5.74) is 2.36. The van der Waals surface area contributed by atoms with Crippen LogP contribution in [0.25, 0.3) is 21.0 Å². The number of nitrogens with zero attached hydrogens (tertiary/aromatic N) is 1. The molecule has 0 aliphatic rings. The Morgan fingerprint density at radius 2 is 0.972 bits per heavy atom. The average Bonchev–Trinajstić information content (AvgIpc) is 3.57. The number of aromatic nitrogens is 1. The van der Waals surface area contributed by atoms with Gasteiger partial charge in [0.25, 0.3) is 0 Å². The highest BCUT2D eigenvalue weighted by molar-refractivity contribution is 7.15. The van der Waals surface area contributed by atoms with Crippen molar-refractivity contribution in [2.24, 2.45) is 0 Å². The van der Waals surface area contributed by atoms with Crippen LogP contribution in [0.5, 0.6) is 0 Å². The van der Waals surface area contributed by atoms with Gasteiger partial charge in [-0.1, -0.05) is 104 Å². The van der Waals surface area contributed by atoms with E-state index in [1.165, 1.54) is 141 Å². The second-order valence-corrected chi connectivity index (χ2v) is 12.8. The lowest BCUT2D eigenvalue weighted by atomic mass is 10.1. The van der Waals surface area contributed by atoms with Gasteiger partial charge in [-0.3, -0.25) is 4.98 Å². The third-order valence-corrected chi connectivity index (χ3v) is 9.54. The zero-order valence-corrected chi connectivity index (χ0v) is 24.7. The molecule has 3 heteroatoms. The van der Waals surface area contributed by atoms with Crippen molar-refractivity contribution in [2.45, 2.75) is 129 Å². The van der Waals surface area contributed by atoms with Gasteiger partial charge < -0.3 is 0 Å². The summed E-state index contributed by atoms with van der Waals surface area (Å²) < 4.78 is 0. The minimum atomic E-state index is 1.11. The molecule has 3 aromatic rings. The van der Waals surface area contributed by atoms with E-state index in [0.29, 0.717) is 0 Å². The van der Waals surface area contributed by atoms with Gasteiger partial charge in [0.05, 0.1) is 10.6 Å². The summed E-state index contributed by atoms with van der Waals surface area (Å²) in [6.07, 6.45) is 26.7. The molecule has 0 saturated carbocycles. The van der Waals surface area contributed by atoms with Crippen molar-refractivity contribution in [1.82, 2.24) is 4.98 Å². The molecule has 198 valence electrons. The number of aryl methyl sites for hydroxylation is 2. The number of thiophene rings is 2. The summed E-state index contributed by atoms with van der Waals surface area (Å²) in [5.74, 6) is 0. The van der Waals surface area contributed by atoms with Crippen LogP contribution in [0.4, 0.5) is 0 Å². The summed E-state index contributed by atoms with van der Waals surface area (Å²) in [4.78, 5) is 10.5. The molecule has 0 fully saturated rings. The Morgan fingerprint density at radius 3 is 1.47 bits per heavy atom. The van der Waals surface area contributed by atoms with Crippen molar-refractivity contribution in [3.05, 3.63) is 52.3 Å². The number of pyridine rings is 1. The molecule has 0 atom stereocenters. The van der Waals surface area contributed by atoms with Crippen molar-refractivity contribution >= 4 is 22.7 Å². The lowest BCUT2D eigenvalue weighted by molar-refractivity contribution is 0.565. The molecule has 0 aliphatic heterocycles. The molecule has 0 unspecified atom stereocenters. The molecule has 0 spiro atoms. The second-order valence-electron chi connectivity index (χ2n) is 10.4. The largest absolute Gasteiger partial charge is 0.255 e. The molecule has 3 aromatic heterocycles. The van der Waals surface area contributed by atoms with Gasteiger partial charge in [-0.15, -0.1) is 22.7 Å². The van der Waals surface area contributed by atoms with Gasteiger partial charge >= 0.3 is 0 Å². The fourth-order valence-corrected chi connectivity index (χ4v) is 6.93. The first kappa shape index (κ1) is 29.1. The summed E-state index contributed by atoms with van der Waals surface area (Å²) in [5, 5.41) is 0. The van der Waals surface area contributed by atoms with E-state index in [2.05, 4.69) is 56.4 Å². The van der Waals surface area contributed by atoms with Gasteiger partial charge in [-0.25, -0.2) is 0 Å². The van der Waals surface area contributed by atoms with Crippen LogP contribution >= 0.6 is 22.7 Å². The van der Waals surface area contributed by atoms with Crippen LogP contribution in [-0.2, 0) is 12.8 Å². The van der Waals surface area contributed by atoms with E-state index in [4.69, 9.17) is 4.98 Å². The van der Waals surface area contributed by atoms with Crippen molar-refractivity contribution in [3.63, 3.8) is 0 Å². The molecule has 3 heterocycles. The van der Waals surface area contributed by atoms with Gasteiger partial charge in [0.1, 0.15) is 0 Å². The fourth-order valence-electron chi connectivity index (χ4n) is 4.87. The molecule has 1 nitrogen and oxygen atoms in total. The molecule has 0 bridgehead atoms. The zero-order chi connectivity index (χ0) is 25.3. The van der Waals surface area contributed by atoms with E-state index in [0.717, 1.165) is 5.69 Å². The Hall–Kier alpha value is -1.45. The maximum atomic E-state index is 4.83. The smallest absolute Gasteiger partial charge is 0.0802 e. The molecule has 3 rings (SSSR count). The molecule has 0 aliphatic carbocycles. The lowest BCUT2D eigenvalue weighted by Crippen LogP contribution is -1.84. The van der Waals surface area contributed by atoms with E-state index in [-0.39, 0.29) is 0 Å². The predicted molar refractivity (Wildman–Crippen MR) is 163 cm³/mol. The van der Waals surface area contributed by atoms with Gasteiger partial charge in [-0.05, 0) is 62.1 Å². The quantitative estimate of drug-likeness (QED) is 0.134. The minimum Gasteiger partial charge on any atom is -0.255 e. The van der Waals surface area contributed by atoms with Crippen LogP contribution in [0.1, 0.15) is 126 Å². The number of hydrogen-bond donors (Lipinski definition) is 0. The Kier molecular flexibility index (Phi) is 14.5. The molecule has 0 N–H and O–H groups in total. The summed E-state index contributed by atoms with van der Waals surface area (Å²) in [7, 11) is 0. The highest BCUT2D eigenvalue weighted by Crippen LogP contribution is 2.32. The number of hydrogen-bond acceptors (Lipinski definition) is 3. The van der Waals surface area contributed by atoms with Gasteiger partial charge in [0.15, 0.2) is 0 Å². The maximum absolute atomic E-state index is 4.83. The third-order valence-electron chi connectivity index (χ3n) is 7.18. The summed E-state index contributed by atoms with van der Waals surface area (Å²) in [6, 6.07) is 13.6. The van der Waals surface area contributed by atoms with Crippen LogP contribution in [0.2, 0.25) is 0 Å². The first-order chi connectivity index (χ1) is 17.8. The van der Waals surface area contributed by atoms with E-state index in [1.807, 2.05) is 22.7 Å². The lowest BCUT2D eigenvalue weighted by Gasteiger charge is -2.02. The van der Waals surface area contributed by atoms with Crippen LogP contribution in [0.3, 0.4) is 0 Å². The SMILES string of the molecule is CCCCCCCCCCCc1ccc(-c2ccc(-c3ccc(CCCCCCCCC)s3)cn2)s1. The van der Waals surface area contributed by atoms with Crippen molar-refractivity contribution < 1.29 is 0 Å². The first-order valence-electron chi connectivity index (χ1n) is 14.9. The Balaban J connectivity index is 1.36. The van der Waals surface area contributed by atoms with E-state index < -0.39 is 0 Å². The molecule has 0 radical (unpaired) electrons. The van der Waals surface area contributed by atoms with Crippen LogP contribution in [0.15, 0.2) is 42.6 Å². The van der Waals surface area contributed by atoms with Crippen molar-refractivity contribution in [2.75, 3.05) is 0 Å². The fraction of sp³-hybridized carbons (Fsp3) is 0.606. The highest BCUT2D eigenvalue weighted by atomic mass is 32.1. The maximum Gasteiger partial charge on any atom is 0.0802 e. The molecular formula is C33H49NS2. The Labute approximate surface area is 229 Å². The molecule has 0 aromatic carbocycles. The Morgan fingerprint density at radius 1 is 0.500 bits per heavy atom. The number of rotatable bonds is 20. The minimum absolute atomic E-state index is 1.11. The van der Waals surface area contributed by atoms with Gasteiger partial charge in [-0.2, -0.15) is 0 Å². The summed E-state index contributed by atoms with van der Waals surface area (Å²) >= 11 is 3.87. The number of unbranched alkanes of at least 4 members (excludes halogenated alkanes) is 14. The van der Waals surface area contributed by atoms with E-state index in [1.54, 1.807) is 0 Å². The standard InChI is InChI=1S/C33H49NS2/c1-3-5-7-9-11-12-14-16-18-20-30-23-26-33(36-30)31-24-21-28(27-34-31)32-25-22-29(35-32)19-17-15-13-10-8-6-4-2/h21-27H,3-20H2,1-2H3. The normalized spacial score (nSPS) is 11.4. The van der Waals surface area contributed by atoms with Crippen LogP contribution in [0, 0.1) is 0 Å². The molecule has 36 heavy (non-hydrogen) atoms. The second kappa shape index (κ2) is 17.9. The molecule has 0 saturated heterocycles. The third kappa shape index (κ3) is 10.9. The van der Waals surface area contributed by atoms with Crippen LogP contribution < -0.4 is 0 Å².